The molecule has 1 aliphatic rings. The van der Waals surface area contributed by atoms with E-state index in [9.17, 15) is 4.79 Å². The molecule has 4 nitrogen and oxygen atoms in total. The summed E-state index contributed by atoms with van der Waals surface area (Å²) in [4.78, 5) is 11.1. The molecule has 0 aliphatic heterocycles. The zero-order valence-corrected chi connectivity index (χ0v) is 9.91. The van der Waals surface area contributed by atoms with Gasteiger partial charge in [-0.2, -0.15) is 5.10 Å². The van der Waals surface area contributed by atoms with E-state index in [-0.39, 0.29) is 0 Å². The lowest BCUT2D eigenvalue weighted by atomic mass is 9.99. The Hall–Kier alpha value is -2.10. The maximum absolute atomic E-state index is 11.1. The number of benzene rings is 1. The van der Waals surface area contributed by atoms with Crippen LogP contribution in [-0.2, 0) is 11.2 Å². The molecule has 92 valence electrons. The maximum atomic E-state index is 11.1. The average molecular weight is 242 g/mol. The van der Waals surface area contributed by atoms with Gasteiger partial charge in [-0.15, -0.1) is 0 Å². The van der Waals surface area contributed by atoms with Gasteiger partial charge in [-0.1, -0.05) is 18.2 Å². The molecule has 1 aromatic heterocycles. The highest BCUT2D eigenvalue weighted by Crippen LogP contribution is 2.48. The fourth-order valence-corrected chi connectivity index (χ4v) is 2.18. The summed E-state index contributed by atoms with van der Waals surface area (Å²) >= 11 is 0. The van der Waals surface area contributed by atoms with Crippen molar-refractivity contribution in [2.24, 2.45) is 5.41 Å². The van der Waals surface area contributed by atoms with E-state index in [1.807, 2.05) is 36.5 Å². The van der Waals surface area contributed by atoms with Crippen LogP contribution in [0.15, 0.2) is 42.7 Å². The first-order valence-corrected chi connectivity index (χ1v) is 6.02. The van der Waals surface area contributed by atoms with Gasteiger partial charge >= 0.3 is 5.97 Å². The van der Waals surface area contributed by atoms with E-state index in [4.69, 9.17) is 5.11 Å². The lowest BCUT2D eigenvalue weighted by Crippen LogP contribution is -2.17. The highest BCUT2D eigenvalue weighted by atomic mass is 16.4. The third kappa shape index (κ3) is 1.90. The molecule has 2 aromatic rings. The molecular weight excluding hydrogens is 228 g/mol. The topological polar surface area (TPSA) is 55.1 Å². The maximum Gasteiger partial charge on any atom is 0.309 e. The third-order valence-electron chi connectivity index (χ3n) is 3.51. The molecule has 0 saturated heterocycles. The Balaban J connectivity index is 1.81. The van der Waals surface area contributed by atoms with E-state index < -0.39 is 11.4 Å². The largest absolute Gasteiger partial charge is 0.481 e. The second-order valence-corrected chi connectivity index (χ2v) is 4.89. The number of para-hydroxylation sites is 1. The van der Waals surface area contributed by atoms with Crippen LogP contribution in [0.5, 0.6) is 0 Å². The Morgan fingerprint density at radius 2 is 2.06 bits per heavy atom. The van der Waals surface area contributed by atoms with E-state index in [2.05, 4.69) is 5.10 Å². The van der Waals surface area contributed by atoms with Gasteiger partial charge in [0.25, 0.3) is 0 Å². The SMILES string of the molecule is O=C(O)C1(Cc2cnn(-c3ccccc3)c2)CC1. The van der Waals surface area contributed by atoms with Crippen LogP contribution in [0.1, 0.15) is 18.4 Å². The number of carboxylic acids is 1. The number of carbonyl (C=O) groups is 1. The van der Waals surface area contributed by atoms with E-state index >= 15 is 0 Å². The summed E-state index contributed by atoms with van der Waals surface area (Å²) in [5, 5.41) is 13.4. The summed E-state index contributed by atoms with van der Waals surface area (Å²) in [6, 6.07) is 9.81. The van der Waals surface area contributed by atoms with Gasteiger partial charge in [-0.3, -0.25) is 4.79 Å². The molecule has 0 atom stereocenters. The Morgan fingerprint density at radius 1 is 1.33 bits per heavy atom. The molecule has 18 heavy (non-hydrogen) atoms. The first-order valence-electron chi connectivity index (χ1n) is 6.02. The third-order valence-corrected chi connectivity index (χ3v) is 3.51. The van der Waals surface area contributed by atoms with Crippen LogP contribution in [-0.4, -0.2) is 20.9 Å². The summed E-state index contributed by atoms with van der Waals surface area (Å²) in [7, 11) is 0. The first-order chi connectivity index (χ1) is 8.70. The van der Waals surface area contributed by atoms with Gasteiger partial charge in [0.2, 0.25) is 0 Å². The average Bonchev–Trinajstić information content (AvgIpc) is 3.01. The predicted molar refractivity (Wildman–Crippen MR) is 66.6 cm³/mol. The van der Waals surface area contributed by atoms with Crippen LogP contribution in [0.3, 0.4) is 0 Å². The molecule has 1 aromatic carbocycles. The number of aromatic nitrogens is 2. The lowest BCUT2D eigenvalue weighted by Gasteiger charge is -2.06. The summed E-state index contributed by atoms with van der Waals surface area (Å²) in [5.41, 5.74) is 1.45. The van der Waals surface area contributed by atoms with Gasteiger partial charge < -0.3 is 5.11 Å². The minimum Gasteiger partial charge on any atom is -0.481 e. The van der Waals surface area contributed by atoms with Crippen LogP contribution < -0.4 is 0 Å². The van der Waals surface area contributed by atoms with Crippen molar-refractivity contribution in [3.8, 4) is 5.69 Å². The number of hydrogen-bond acceptors (Lipinski definition) is 2. The zero-order chi connectivity index (χ0) is 12.6. The first kappa shape index (κ1) is 11.0. The lowest BCUT2D eigenvalue weighted by molar-refractivity contribution is -0.143. The fourth-order valence-electron chi connectivity index (χ4n) is 2.18. The fraction of sp³-hybridized carbons (Fsp3) is 0.286. The van der Waals surface area contributed by atoms with Crippen molar-refractivity contribution in [1.82, 2.24) is 9.78 Å². The Kier molecular flexibility index (Phi) is 2.44. The summed E-state index contributed by atoms with van der Waals surface area (Å²) in [5.74, 6) is -0.685. The second-order valence-electron chi connectivity index (χ2n) is 4.89. The molecule has 0 unspecified atom stereocenters. The molecular formula is C14H14N2O2. The van der Waals surface area contributed by atoms with Crippen molar-refractivity contribution in [3.63, 3.8) is 0 Å². The van der Waals surface area contributed by atoms with Crippen molar-refractivity contribution in [1.29, 1.82) is 0 Å². The van der Waals surface area contributed by atoms with Crippen molar-refractivity contribution >= 4 is 5.97 Å². The normalized spacial score (nSPS) is 16.4. The molecule has 0 radical (unpaired) electrons. The van der Waals surface area contributed by atoms with E-state index in [1.165, 1.54) is 0 Å². The van der Waals surface area contributed by atoms with Gasteiger partial charge in [0.05, 0.1) is 17.3 Å². The minimum absolute atomic E-state index is 0.523. The molecule has 4 heteroatoms. The Morgan fingerprint density at radius 3 is 2.67 bits per heavy atom. The van der Waals surface area contributed by atoms with Gasteiger partial charge in [-0.05, 0) is 37.0 Å². The summed E-state index contributed by atoms with van der Waals surface area (Å²) < 4.78 is 1.78. The van der Waals surface area contributed by atoms with E-state index in [0.29, 0.717) is 6.42 Å². The van der Waals surface area contributed by atoms with Gasteiger partial charge in [0.15, 0.2) is 0 Å². The van der Waals surface area contributed by atoms with Crippen LogP contribution >= 0.6 is 0 Å². The Labute approximate surface area is 105 Å². The van der Waals surface area contributed by atoms with Crippen molar-refractivity contribution in [3.05, 3.63) is 48.3 Å². The smallest absolute Gasteiger partial charge is 0.309 e. The molecule has 1 fully saturated rings. The monoisotopic (exact) mass is 242 g/mol. The molecule has 1 N–H and O–H groups in total. The van der Waals surface area contributed by atoms with Gasteiger partial charge in [0.1, 0.15) is 0 Å². The molecule has 3 rings (SSSR count). The van der Waals surface area contributed by atoms with Gasteiger partial charge in [-0.25, -0.2) is 4.68 Å². The van der Waals surface area contributed by atoms with Crippen LogP contribution in [0.25, 0.3) is 5.69 Å². The van der Waals surface area contributed by atoms with Crippen LogP contribution in [0, 0.1) is 5.41 Å². The van der Waals surface area contributed by atoms with Gasteiger partial charge in [0, 0.05) is 6.20 Å². The predicted octanol–water partition coefficient (Wildman–Crippen LogP) is 2.28. The molecule has 0 amide bonds. The van der Waals surface area contributed by atoms with Crippen LogP contribution in [0.4, 0.5) is 0 Å². The summed E-state index contributed by atoms with van der Waals surface area (Å²) in [6.07, 6.45) is 5.81. The van der Waals surface area contributed by atoms with Crippen molar-refractivity contribution < 1.29 is 9.90 Å². The van der Waals surface area contributed by atoms with Crippen LogP contribution in [0.2, 0.25) is 0 Å². The number of aliphatic carboxylic acids is 1. The second kappa shape index (κ2) is 3.98. The number of rotatable bonds is 4. The molecule has 0 spiro atoms. The molecule has 1 saturated carbocycles. The molecule has 1 aliphatic carbocycles. The molecule has 1 heterocycles. The number of nitrogens with zero attached hydrogens (tertiary/aromatic N) is 2. The highest BCUT2D eigenvalue weighted by Gasteiger charge is 2.50. The van der Waals surface area contributed by atoms with E-state index in [0.717, 1.165) is 24.1 Å². The number of carboxylic acid groups (broad SMARTS) is 1. The minimum atomic E-state index is -0.685. The highest BCUT2D eigenvalue weighted by molar-refractivity contribution is 5.78. The quantitative estimate of drug-likeness (QED) is 0.894. The standard InChI is InChI=1S/C14H14N2O2/c17-13(18)14(6-7-14)8-11-9-15-16(10-11)12-4-2-1-3-5-12/h1-5,9-10H,6-8H2,(H,17,18). The summed E-state index contributed by atoms with van der Waals surface area (Å²) in [6.45, 7) is 0. The van der Waals surface area contributed by atoms with Crippen molar-refractivity contribution in [2.75, 3.05) is 0 Å². The van der Waals surface area contributed by atoms with E-state index in [1.54, 1.807) is 10.9 Å². The Bertz CT molecular complexity index is 570. The molecule has 0 bridgehead atoms. The number of hydrogen-bond donors (Lipinski definition) is 1. The zero-order valence-electron chi connectivity index (χ0n) is 9.91. The van der Waals surface area contributed by atoms with Crippen molar-refractivity contribution in [2.45, 2.75) is 19.3 Å².